The van der Waals surface area contributed by atoms with Crippen LogP contribution in [0, 0.1) is 13.8 Å². The predicted molar refractivity (Wildman–Crippen MR) is 50.7 cm³/mol. The van der Waals surface area contributed by atoms with Gasteiger partial charge in [-0.1, -0.05) is 6.07 Å². The fourth-order valence-corrected chi connectivity index (χ4v) is 1.49. The standard InChI is InChI=1S/C10H10N2O/c1-6-3-7(2)10(13)8-4-11-5-12-9(6)8/h3-5,13H,1-2H3. The molecule has 1 heterocycles. The van der Waals surface area contributed by atoms with Crippen LogP contribution in [-0.4, -0.2) is 15.1 Å². The summed E-state index contributed by atoms with van der Waals surface area (Å²) < 4.78 is 0. The molecule has 13 heavy (non-hydrogen) atoms. The molecule has 0 saturated heterocycles. The van der Waals surface area contributed by atoms with E-state index in [4.69, 9.17) is 0 Å². The van der Waals surface area contributed by atoms with Crippen LogP contribution in [0.25, 0.3) is 10.9 Å². The van der Waals surface area contributed by atoms with E-state index >= 15 is 0 Å². The monoisotopic (exact) mass is 174 g/mol. The third-order valence-electron chi connectivity index (χ3n) is 2.15. The maximum atomic E-state index is 9.70. The molecule has 1 aromatic heterocycles. The van der Waals surface area contributed by atoms with E-state index in [0.29, 0.717) is 0 Å². The number of benzene rings is 1. The quantitative estimate of drug-likeness (QED) is 0.664. The zero-order valence-electron chi connectivity index (χ0n) is 7.57. The first kappa shape index (κ1) is 7.98. The van der Waals surface area contributed by atoms with Crippen molar-refractivity contribution in [2.45, 2.75) is 13.8 Å². The van der Waals surface area contributed by atoms with Crippen LogP contribution in [-0.2, 0) is 0 Å². The lowest BCUT2D eigenvalue weighted by atomic mass is 10.1. The first-order chi connectivity index (χ1) is 6.20. The summed E-state index contributed by atoms with van der Waals surface area (Å²) in [5.74, 6) is 0.279. The summed E-state index contributed by atoms with van der Waals surface area (Å²) in [6.07, 6.45) is 3.13. The Bertz CT molecular complexity index is 466. The largest absolute Gasteiger partial charge is 0.507 e. The van der Waals surface area contributed by atoms with E-state index in [1.807, 2.05) is 19.9 Å². The van der Waals surface area contributed by atoms with Gasteiger partial charge in [-0.15, -0.1) is 0 Å². The molecule has 0 fully saturated rings. The summed E-state index contributed by atoms with van der Waals surface area (Å²) >= 11 is 0. The van der Waals surface area contributed by atoms with Crippen LogP contribution in [0.2, 0.25) is 0 Å². The molecule has 0 bridgehead atoms. The first-order valence-corrected chi connectivity index (χ1v) is 4.09. The van der Waals surface area contributed by atoms with Gasteiger partial charge in [0.05, 0.1) is 10.9 Å². The number of phenols is 1. The number of fused-ring (bicyclic) bond motifs is 1. The molecule has 0 aliphatic rings. The van der Waals surface area contributed by atoms with Gasteiger partial charge in [-0.25, -0.2) is 9.97 Å². The molecule has 0 aliphatic heterocycles. The molecule has 3 nitrogen and oxygen atoms in total. The molecule has 0 radical (unpaired) electrons. The molecule has 0 atom stereocenters. The Labute approximate surface area is 76.1 Å². The molecule has 0 unspecified atom stereocenters. The fraction of sp³-hybridized carbons (Fsp3) is 0.200. The number of aromatic nitrogens is 2. The fourth-order valence-electron chi connectivity index (χ4n) is 1.49. The predicted octanol–water partition coefficient (Wildman–Crippen LogP) is 1.95. The Morgan fingerprint density at radius 2 is 2.00 bits per heavy atom. The number of phenolic OH excluding ortho intramolecular Hbond substituents is 1. The Balaban J connectivity index is 2.97. The van der Waals surface area contributed by atoms with Crippen LogP contribution in [0.15, 0.2) is 18.6 Å². The molecule has 0 aliphatic carbocycles. The molecule has 2 rings (SSSR count). The van der Waals surface area contributed by atoms with Crippen molar-refractivity contribution in [1.29, 1.82) is 0 Å². The number of nitrogens with zero attached hydrogens (tertiary/aromatic N) is 2. The maximum Gasteiger partial charge on any atom is 0.129 e. The SMILES string of the molecule is Cc1cc(C)c2ncncc2c1O. The minimum atomic E-state index is 0.279. The molecular weight excluding hydrogens is 164 g/mol. The number of aryl methyl sites for hydroxylation is 2. The topological polar surface area (TPSA) is 46.0 Å². The molecule has 1 N–H and O–H groups in total. The van der Waals surface area contributed by atoms with Crippen molar-refractivity contribution in [2.75, 3.05) is 0 Å². The van der Waals surface area contributed by atoms with Gasteiger partial charge >= 0.3 is 0 Å². The van der Waals surface area contributed by atoms with E-state index in [0.717, 1.165) is 22.0 Å². The minimum absolute atomic E-state index is 0.279. The molecule has 3 heteroatoms. The van der Waals surface area contributed by atoms with Crippen molar-refractivity contribution in [1.82, 2.24) is 9.97 Å². The second kappa shape index (κ2) is 2.69. The van der Waals surface area contributed by atoms with Crippen molar-refractivity contribution in [3.05, 3.63) is 29.7 Å². The summed E-state index contributed by atoms with van der Waals surface area (Å²) in [5.41, 5.74) is 2.74. The normalized spacial score (nSPS) is 10.6. The van der Waals surface area contributed by atoms with Gasteiger partial charge < -0.3 is 5.11 Å². The van der Waals surface area contributed by atoms with Crippen LogP contribution >= 0.6 is 0 Å². The zero-order chi connectivity index (χ0) is 9.42. The van der Waals surface area contributed by atoms with Gasteiger partial charge in [-0.2, -0.15) is 0 Å². The van der Waals surface area contributed by atoms with E-state index < -0.39 is 0 Å². The van der Waals surface area contributed by atoms with Crippen LogP contribution in [0.4, 0.5) is 0 Å². The van der Waals surface area contributed by atoms with Crippen molar-refractivity contribution in [3.63, 3.8) is 0 Å². The number of aromatic hydroxyl groups is 1. The van der Waals surface area contributed by atoms with Gasteiger partial charge in [0, 0.05) is 6.20 Å². The van der Waals surface area contributed by atoms with E-state index in [1.54, 1.807) is 6.20 Å². The van der Waals surface area contributed by atoms with E-state index in [-0.39, 0.29) is 5.75 Å². The van der Waals surface area contributed by atoms with Gasteiger partial charge in [0.25, 0.3) is 0 Å². The highest BCUT2D eigenvalue weighted by molar-refractivity contribution is 5.87. The Kier molecular flexibility index (Phi) is 1.65. The lowest BCUT2D eigenvalue weighted by Crippen LogP contribution is -1.87. The molecular formula is C10H10N2O. The van der Waals surface area contributed by atoms with Gasteiger partial charge in [-0.05, 0) is 25.0 Å². The van der Waals surface area contributed by atoms with Crippen molar-refractivity contribution in [3.8, 4) is 5.75 Å². The number of rotatable bonds is 0. The summed E-state index contributed by atoms with van der Waals surface area (Å²) in [7, 11) is 0. The minimum Gasteiger partial charge on any atom is -0.507 e. The van der Waals surface area contributed by atoms with Crippen molar-refractivity contribution >= 4 is 10.9 Å². The number of hydrogen-bond donors (Lipinski definition) is 1. The van der Waals surface area contributed by atoms with Crippen molar-refractivity contribution in [2.24, 2.45) is 0 Å². The number of hydrogen-bond acceptors (Lipinski definition) is 3. The van der Waals surface area contributed by atoms with Gasteiger partial charge in [-0.3, -0.25) is 0 Å². The van der Waals surface area contributed by atoms with Gasteiger partial charge in [0.15, 0.2) is 0 Å². The first-order valence-electron chi connectivity index (χ1n) is 4.09. The average molecular weight is 174 g/mol. The average Bonchev–Trinajstić information content (AvgIpc) is 2.15. The summed E-state index contributed by atoms with van der Waals surface area (Å²) in [6.45, 7) is 3.84. The lowest BCUT2D eigenvalue weighted by Gasteiger charge is -2.05. The van der Waals surface area contributed by atoms with Crippen LogP contribution in [0.3, 0.4) is 0 Å². The van der Waals surface area contributed by atoms with Crippen LogP contribution in [0.1, 0.15) is 11.1 Å². The molecule has 0 saturated carbocycles. The highest BCUT2D eigenvalue weighted by Gasteiger charge is 2.06. The van der Waals surface area contributed by atoms with Crippen LogP contribution < -0.4 is 0 Å². The summed E-state index contributed by atoms with van der Waals surface area (Å²) in [4.78, 5) is 8.00. The van der Waals surface area contributed by atoms with Gasteiger partial charge in [0.1, 0.15) is 12.1 Å². The summed E-state index contributed by atoms with van der Waals surface area (Å²) in [5, 5.41) is 10.4. The smallest absolute Gasteiger partial charge is 0.129 e. The molecule has 66 valence electrons. The third-order valence-corrected chi connectivity index (χ3v) is 2.15. The summed E-state index contributed by atoms with van der Waals surface area (Å²) in [6, 6.07) is 1.92. The molecule has 1 aromatic carbocycles. The Hall–Kier alpha value is -1.64. The van der Waals surface area contributed by atoms with E-state index in [9.17, 15) is 5.11 Å². The maximum absolute atomic E-state index is 9.70. The second-order valence-electron chi connectivity index (χ2n) is 3.14. The Morgan fingerprint density at radius 1 is 1.23 bits per heavy atom. The van der Waals surface area contributed by atoms with Crippen molar-refractivity contribution < 1.29 is 5.11 Å². The van der Waals surface area contributed by atoms with E-state index in [2.05, 4.69) is 9.97 Å². The highest BCUT2D eigenvalue weighted by atomic mass is 16.3. The molecule has 2 aromatic rings. The van der Waals surface area contributed by atoms with Crippen LogP contribution in [0.5, 0.6) is 5.75 Å². The lowest BCUT2D eigenvalue weighted by molar-refractivity contribution is 0.477. The third kappa shape index (κ3) is 1.13. The molecule has 0 spiro atoms. The second-order valence-corrected chi connectivity index (χ2v) is 3.14. The van der Waals surface area contributed by atoms with E-state index in [1.165, 1.54) is 6.33 Å². The van der Waals surface area contributed by atoms with Gasteiger partial charge in [0.2, 0.25) is 0 Å². The Morgan fingerprint density at radius 3 is 2.77 bits per heavy atom. The molecule has 0 amide bonds. The zero-order valence-corrected chi connectivity index (χ0v) is 7.57. The highest BCUT2D eigenvalue weighted by Crippen LogP contribution is 2.28.